The van der Waals surface area contributed by atoms with E-state index in [-0.39, 0.29) is 4.90 Å². The second kappa shape index (κ2) is 8.05. The first-order chi connectivity index (χ1) is 12.0. The lowest BCUT2D eigenvalue weighted by Crippen LogP contribution is -2.43. The maximum Gasteiger partial charge on any atom is 0.241 e. The van der Waals surface area contributed by atoms with Crippen molar-refractivity contribution in [3.8, 4) is 0 Å². The highest BCUT2D eigenvalue weighted by Crippen LogP contribution is 2.19. The number of halogens is 1. The van der Waals surface area contributed by atoms with Gasteiger partial charge in [-0.1, -0.05) is 30.3 Å². The number of nitrogens with one attached hydrogen (secondary N) is 1. The molecule has 25 heavy (non-hydrogen) atoms. The largest absolute Gasteiger partial charge is 0.379 e. The Morgan fingerprint density at radius 2 is 1.68 bits per heavy atom. The zero-order chi connectivity index (χ0) is 17.7. The van der Waals surface area contributed by atoms with E-state index in [0.717, 1.165) is 30.8 Å². The first-order valence-electron chi connectivity index (χ1n) is 8.17. The molecule has 0 spiro atoms. The number of rotatable bonds is 6. The van der Waals surface area contributed by atoms with Crippen molar-refractivity contribution in [2.75, 3.05) is 32.8 Å². The van der Waals surface area contributed by atoms with Crippen LogP contribution in [0, 0.1) is 5.82 Å². The molecule has 2 aromatic carbocycles. The average Bonchev–Trinajstić information content (AvgIpc) is 2.63. The number of morpholine rings is 1. The van der Waals surface area contributed by atoms with Gasteiger partial charge in [-0.3, -0.25) is 4.90 Å². The van der Waals surface area contributed by atoms with Crippen LogP contribution in [0.4, 0.5) is 4.39 Å². The van der Waals surface area contributed by atoms with Crippen LogP contribution in [0.3, 0.4) is 0 Å². The van der Waals surface area contributed by atoms with Gasteiger partial charge in [0.1, 0.15) is 5.82 Å². The van der Waals surface area contributed by atoms with Crippen molar-refractivity contribution in [3.05, 3.63) is 66.0 Å². The Labute approximate surface area is 147 Å². The molecule has 0 radical (unpaired) electrons. The van der Waals surface area contributed by atoms with E-state index in [2.05, 4.69) is 9.62 Å². The molecule has 0 aliphatic carbocycles. The highest BCUT2D eigenvalue weighted by atomic mass is 32.2. The van der Waals surface area contributed by atoms with Gasteiger partial charge in [-0.15, -0.1) is 0 Å². The van der Waals surface area contributed by atoms with Crippen LogP contribution in [-0.2, 0) is 14.8 Å². The Bertz CT molecular complexity index is 776. The van der Waals surface area contributed by atoms with Gasteiger partial charge in [-0.05, 0) is 29.8 Å². The maximum absolute atomic E-state index is 13.1. The van der Waals surface area contributed by atoms with Gasteiger partial charge in [0, 0.05) is 19.6 Å². The third-order valence-corrected chi connectivity index (χ3v) is 5.66. The van der Waals surface area contributed by atoms with E-state index in [9.17, 15) is 12.8 Å². The van der Waals surface area contributed by atoms with E-state index < -0.39 is 21.9 Å². The van der Waals surface area contributed by atoms with Gasteiger partial charge in [0.15, 0.2) is 0 Å². The summed E-state index contributed by atoms with van der Waals surface area (Å²) in [5.74, 6) is -0.466. The van der Waals surface area contributed by atoms with Crippen molar-refractivity contribution in [1.29, 1.82) is 0 Å². The van der Waals surface area contributed by atoms with Gasteiger partial charge in [0.05, 0.1) is 24.2 Å². The molecule has 0 unspecified atom stereocenters. The Kier molecular flexibility index (Phi) is 5.80. The van der Waals surface area contributed by atoms with Crippen LogP contribution in [-0.4, -0.2) is 46.2 Å². The molecule has 3 rings (SSSR count). The second-order valence-corrected chi connectivity index (χ2v) is 7.67. The number of hydrogen-bond donors (Lipinski definition) is 1. The summed E-state index contributed by atoms with van der Waals surface area (Å²) in [4.78, 5) is 2.23. The fourth-order valence-corrected chi connectivity index (χ4v) is 4.02. The van der Waals surface area contributed by atoms with Crippen LogP contribution in [0.2, 0.25) is 0 Å². The molecule has 2 aromatic rings. The van der Waals surface area contributed by atoms with Gasteiger partial charge in [-0.2, -0.15) is 0 Å². The van der Waals surface area contributed by atoms with E-state index in [1.54, 1.807) is 0 Å². The minimum absolute atomic E-state index is 0.0526. The summed E-state index contributed by atoms with van der Waals surface area (Å²) in [5, 5.41) is 0. The normalized spacial score (nSPS) is 17.3. The molecule has 1 N–H and O–H groups in total. The number of nitrogens with zero attached hydrogens (tertiary/aromatic N) is 1. The molecule has 134 valence electrons. The highest BCUT2D eigenvalue weighted by Gasteiger charge is 2.24. The number of benzene rings is 2. The predicted molar refractivity (Wildman–Crippen MR) is 93.2 cm³/mol. The molecule has 1 atom stereocenters. The first-order valence-corrected chi connectivity index (χ1v) is 9.66. The average molecular weight is 364 g/mol. The summed E-state index contributed by atoms with van der Waals surface area (Å²) in [5.41, 5.74) is 0.889. The third-order valence-electron chi connectivity index (χ3n) is 4.17. The van der Waals surface area contributed by atoms with Crippen molar-refractivity contribution in [2.45, 2.75) is 10.9 Å². The van der Waals surface area contributed by atoms with Crippen molar-refractivity contribution in [2.24, 2.45) is 0 Å². The zero-order valence-corrected chi connectivity index (χ0v) is 14.6. The predicted octanol–water partition coefficient (Wildman–Crippen LogP) is 2.18. The second-order valence-electron chi connectivity index (χ2n) is 5.95. The maximum atomic E-state index is 13.1. The monoisotopic (exact) mass is 364 g/mol. The minimum Gasteiger partial charge on any atom is -0.379 e. The Hall–Kier alpha value is -1.80. The number of hydrogen-bond acceptors (Lipinski definition) is 4. The van der Waals surface area contributed by atoms with Crippen LogP contribution >= 0.6 is 0 Å². The van der Waals surface area contributed by atoms with Crippen molar-refractivity contribution in [3.63, 3.8) is 0 Å². The van der Waals surface area contributed by atoms with Gasteiger partial charge in [-0.25, -0.2) is 17.5 Å². The van der Waals surface area contributed by atoms with Crippen LogP contribution in [0.5, 0.6) is 0 Å². The molecular weight excluding hydrogens is 343 g/mol. The Morgan fingerprint density at radius 3 is 2.32 bits per heavy atom. The van der Waals surface area contributed by atoms with E-state index >= 15 is 0 Å². The molecule has 0 saturated carbocycles. The fourth-order valence-electron chi connectivity index (χ4n) is 2.81. The third kappa shape index (κ3) is 4.85. The van der Waals surface area contributed by atoms with E-state index in [4.69, 9.17) is 4.74 Å². The topological polar surface area (TPSA) is 58.6 Å². The summed E-state index contributed by atoms with van der Waals surface area (Å²) in [6.07, 6.45) is 0. The summed E-state index contributed by atoms with van der Waals surface area (Å²) >= 11 is 0. The molecule has 7 heteroatoms. The molecule has 5 nitrogen and oxygen atoms in total. The molecule has 0 bridgehead atoms. The smallest absolute Gasteiger partial charge is 0.241 e. The van der Waals surface area contributed by atoms with E-state index in [1.807, 2.05) is 30.3 Å². The lowest BCUT2D eigenvalue weighted by molar-refractivity contribution is 0.0345. The molecule has 1 aliphatic heterocycles. The zero-order valence-electron chi connectivity index (χ0n) is 13.8. The summed E-state index contributed by atoms with van der Waals surface area (Å²) in [6, 6.07) is 13.9. The molecule has 1 heterocycles. The van der Waals surface area contributed by atoms with Crippen LogP contribution in [0.25, 0.3) is 0 Å². The van der Waals surface area contributed by atoms with Gasteiger partial charge in [0.2, 0.25) is 10.0 Å². The molecule has 1 fully saturated rings. The lowest BCUT2D eigenvalue weighted by atomic mass is 10.1. The SMILES string of the molecule is O=S(=O)(N[C@H](CN1CCOCC1)c1ccccc1)c1ccc(F)cc1. The summed E-state index contributed by atoms with van der Waals surface area (Å²) in [7, 11) is -3.75. The minimum atomic E-state index is -3.75. The quantitative estimate of drug-likeness (QED) is 0.854. The van der Waals surface area contributed by atoms with Crippen LogP contribution < -0.4 is 4.72 Å². The Morgan fingerprint density at radius 1 is 1.04 bits per heavy atom. The number of sulfonamides is 1. The summed E-state index contributed by atoms with van der Waals surface area (Å²) in [6.45, 7) is 3.37. The standard InChI is InChI=1S/C18H21FN2O3S/c19-16-6-8-17(9-7-16)25(22,23)20-18(15-4-2-1-3-5-15)14-21-10-12-24-13-11-21/h1-9,18,20H,10-14H2/t18-/m1/s1. The van der Waals surface area contributed by atoms with Gasteiger partial charge in [0.25, 0.3) is 0 Å². The summed E-state index contributed by atoms with van der Waals surface area (Å²) < 4.78 is 46.6. The van der Waals surface area contributed by atoms with Gasteiger partial charge < -0.3 is 4.74 Å². The van der Waals surface area contributed by atoms with Crippen LogP contribution in [0.15, 0.2) is 59.5 Å². The molecular formula is C18H21FN2O3S. The molecule has 0 amide bonds. The molecule has 1 saturated heterocycles. The lowest BCUT2D eigenvalue weighted by Gasteiger charge is -2.31. The highest BCUT2D eigenvalue weighted by molar-refractivity contribution is 7.89. The fraction of sp³-hybridized carbons (Fsp3) is 0.333. The molecule has 0 aromatic heterocycles. The van der Waals surface area contributed by atoms with Crippen molar-refractivity contribution in [1.82, 2.24) is 9.62 Å². The van der Waals surface area contributed by atoms with E-state index in [0.29, 0.717) is 19.8 Å². The van der Waals surface area contributed by atoms with E-state index in [1.165, 1.54) is 12.1 Å². The first kappa shape index (κ1) is 18.0. The molecule has 1 aliphatic rings. The Balaban J connectivity index is 1.82. The van der Waals surface area contributed by atoms with Gasteiger partial charge >= 0.3 is 0 Å². The number of ether oxygens (including phenoxy) is 1. The van der Waals surface area contributed by atoms with Crippen molar-refractivity contribution < 1.29 is 17.5 Å². The van der Waals surface area contributed by atoms with Crippen molar-refractivity contribution >= 4 is 10.0 Å². The van der Waals surface area contributed by atoms with Crippen LogP contribution in [0.1, 0.15) is 11.6 Å².